The Balaban J connectivity index is 0.000000158. The Kier molecular flexibility index (Phi) is 12.3. The van der Waals surface area contributed by atoms with Gasteiger partial charge in [-0.3, -0.25) is 0 Å². The van der Waals surface area contributed by atoms with Crippen molar-refractivity contribution in [2.45, 2.75) is 55.4 Å². The van der Waals surface area contributed by atoms with Crippen molar-refractivity contribution in [3.63, 3.8) is 0 Å². The third kappa shape index (κ3) is 11.2. The van der Waals surface area contributed by atoms with Gasteiger partial charge in [0.15, 0.2) is 0 Å². The molecule has 0 saturated carbocycles. The highest BCUT2D eigenvalue weighted by Gasteiger charge is 1.96. The highest BCUT2D eigenvalue weighted by molar-refractivity contribution is 5.83. The topological polar surface area (TPSA) is 0 Å². The first kappa shape index (κ1) is 32.1. The Morgan fingerprint density at radius 3 is 0.786 bits per heavy atom. The lowest BCUT2D eigenvalue weighted by Crippen LogP contribution is -1.78. The first-order chi connectivity index (χ1) is 20.1. The molecule has 0 aliphatic rings. The maximum absolute atomic E-state index is 2.22. The number of hydrogen-bond donors (Lipinski definition) is 0. The van der Waals surface area contributed by atoms with E-state index in [2.05, 4.69) is 189 Å². The third-order valence-corrected chi connectivity index (χ3v) is 6.98. The smallest absolute Gasteiger partial charge is 0.0181 e. The van der Waals surface area contributed by atoms with Crippen molar-refractivity contribution in [3.8, 4) is 11.1 Å². The van der Waals surface area contributed by atoms with Gasteiger partial charge in [0.1, 0.15) is 0 Å². The highest BCUT2D eigenvalue weighted by Crippen LogP contribution is 2.20. The second-order valence-electron chi connectivity index (χ2n) is 11.4. The molecule has 0 heterocycles. The molecular weight excluding hydrogens is 504 g/mol. The summed E-state index contributed by atoms with van der Waals surface area (Å²) in [7, 11) is 0. The van der Waals surface area contributed by atoms with Crippen molar-refractivity contribution in [2.24, 2.45) is 0 Å². The minimum atomic E-state index is 1.29. The average Bonchev–Trinajstić information content (AvgIpc) is 2.97. The van der Waals surface area contributed by atoms with Crippen LogP contribution in [0.1, 0.15) is 44.5 Å². The number of fused-ring (bicyclic) bond motifs is 1. The lowest BCUT2D eigenvalue weighted by Gasteiger charge is -2.02. The normalized spacial score (nSPS) is 9.90. The van der Waals surface area contributed by atoms with Gasteiger partial charge >= 0.3 is 0 Å². The summed E-state index contributed by atoms with van der Waals surface area (Å²) in [5.74, 6) is 0. The van der Waals surface area contributed by atoms with E-state index in [9.17, 15) is 0 Å². The molecule has 0 fully saturated rings. The number of hydrogen-bond acceptors (Lipinski definition) is 0. The van der Waals surface area contributed by atoms with Crippen LogP contribution in [0.3, 0.4) is 0 Å². The van der Waals surface area contributed by atoms with Gasteiger partial charge in [-0.25, -0.2) is 0 Å². The van der Waals surface area contributed by atoms with Gasteiger partial charge in [-0.15, -0.1) is 0 Å². The van der Waals surface area contributed by atoms with Crippen LogP contribution in [0.25, 0.3) is 21.9 Å². The van der Waals surface area contributed by atoms with Crippen LogP contribution in [0.2, 0.25) is 0 Å². The molecule has 0 radical (unpaired) electrons. The van der Waals surface area contributed by atoms with Crippen LogP contribution in [-0.2, 0) is 0 Å². The maximum atomic E-state index is 2.22. The van der Waals surface area contributed by atoms with Crippen molar-refractivity contribution >= 4 is 10.8 Å². The van der Waals surface area contributed by atoms with Gasteiger partial charge in [0.2, 0.25) is 0 Å². The van der Waals surface area contributed by atoms with E-state index in [0.29, 0.717) is 0 Å². The van der Waals surface area contributed by atoms with Gasteiger partial charge in [0.05, 0.1) is 0 Å². The lowest BCUT2D eigenvalue weighted by atomic mass is 10.0. The summed E-state index contributed by atoms with van der Waals surface area (Å²) < 4.78 is 0. The van der Waals surface area contributed by atoms with Crippen LogP contribution in [0.15, 0.2) is 133 Å². The average molecular weight is 551 g/mol. The number of rotatable bonds is 1. The number of aryl methyl sites for hydroxylation is 8. The van der Waals surface area contributed by atoms with Gasteiger partial charge in [-0.2, -0.15) is 0 Å². The molecule has 0 N–H and O–H groups in total. The van der Waals surface area contributed by atoms with E-state index in [4.69, 9.17) is 0 Å². The molecule has 0 atom stereocenters. The quantitative estimate of drug-likeness (QED) is 0.191. The fourth-order valence-electron chi connectivity index (χ4n) is 4.42. The van der Waals surface area contributed by atoms with E-state index in [1.165, 1.54) is 66.4 Å². The molecule has 6 aromatic carbocycles. The molecule has 0 aliphatic carbocycles. The summed E-state index contributed by atoms with van der Waals surface area (Å²) in [5, 5.41) is 2.67. The molecule has 6 rings (SSSR count). The predicted molar refractivity (Wildman–Crippen MR) is 187 cm³/mol. The molecule has 0 heteroatoms. The Bertz CT molecular complexity index is 1530. The van der Waals surface area contributed by atoms with Crippen LogP contribution in [0.4, 0.5) is 0 Å². The first-order valence-corrected chi connectivity index (χ1v) is 14.8. The van der Waals surface area contributed by atoms with Crippen LogP contribution >= 0.6 is 0 Å². The monoisotopic (exact) mass is 550 g/mol. The SMILES string of the molecule is Cc1ccc(-c2ccc(C)cc2)cc1.Cc1ccc(C)cc1.Cc1ccc2cc(C)ccc2c1.Cc1cccc(C)c1. The molecule has 0 spiro atoms. The Morgan fingerprint density at radius 2 is 0.500 bits per heavy atom. The molecule has 0 amide bonds. The van der Waals surface area contributed by atoms with Gasteiger partial charge in [-0.05, 0) is 77.3 Å². The molecular formula is C42H46. The summed E-state index contributed by atoms with van der Waals surface area (Å²) in [5.41, 5.74) is 13.2. The van der Waals surface area contributed by atoms with E-state index in [1.54, 1.807) is 0 Å². The molecule has 0 nitrogen and oxygen atoms in total. The highest BCUT2D eigenvalue weighted by atomic mass is 14.0. The van der Waals surface area contributed by atoms with E-state index in [1.807, 2.05) is 0 Å². The number of benzene rings is 6. The van der Waals surface area contributed by atoms with Crippen molar-refractivity contribution in [2.75, 3.05) is 0 Å². The minimum absolute atomic E-state index is 1.29. The van der Waals surface area contributed by atoms with Crippen LogP contribution in [-0.4, -0.2) is 0 Å². The largest absolute Gasteiger partial charge is 0.0617 e. The Labute approximate surface area is 254 Å². The summed E-state index contributed by atoms with van der Waals surface area (Å²) in [6, 6.07) is 47.3. The second-order valence-corrected chi connectivity index (χ2v) is 11.4. The first-order valence-electron chi connectivity index (χ1n) is 14.8. The summed E-state index contributed by atoms with van der Waals surface area (Å²) >= 11 is 0. The summed E-state index contributed by atoms with van der Waals surface area (Å²) in [6.07, 6.45) is 0. The molecule has 0 aliphatic heterocycles. The van der Waals surface area contributed by atoms with Crippen LogP contribution < -0.4 is 0 Å². The Hall–Kier alpha value is -4.42. The maximum Gasteiger partial charge on any atom is -0.0181 e. The fraction of sp³-hybridized carbons (Fsp3) is 0.190. The van der Waals surface area contributed by atoms with Crippen LogP contribution in [0, 0.1) is 55.4 Å². The van der Waals surface area contributed by atoms with Crippen molar-refractivity contribution < 1.29 is 0 Å². The lowest BCUT2D eigenvalue weighted by molar-refractivity contribution is 1.39. The second kappa shape index (κ2) is 16.1. The van der Waals surface area contributed by atoms with E-state index in [-0.39, 0.29) is 0 Å². The molecule has 42 heavy (non-hydrogen) atoms. The molecule has 0 aromatic heterocycles. The standard InChI is InChI=1S/C14H14.C12H12.2C8H10/c1-11-3-7-13(8-4-11)14-9-5-12(2)6-10-14;1-9-3-5-12-8-10(2)4-6-11(12)7-9;1-7-3-5-8(2)6-4-7;1-7-4-3-5-8(2)6-7/h3-10H,1-2H3;3-8H,1-2H3;2*3-6H,1-2H3. The molecule has 0 unspecified atom stereocenters. The summed E-state index contributed by atoms with van der Waals surface area (Å²) in [6.45, 7) is 16.9. The van der Waals surface area contributed by atoms with Gasteiger partial charge in [-0.1, -0.05) is 178 Å². The molecule has 214 valence electrons. The molecule has 0 bridgehead atoms. The molecule has 6 aromatic rings. The minimum Gasteiger partial charge on any atom is -0.0617 e. The summed E-state index contributed by atoms with van der Waals surface area (Å²) in [4.78, 5) is 0. The van der Waals surface area contributed by atoms with E-state index in [0.717, 1.165) is 0 Å². The van der Waals surface area contributed by atoms with Crippen molar-refractivity contribution in [1.82, 2.24) is 0 Å². The van der Waals surface area contributed by atoms with E-state index >= 15 is 0 Å². The van der Waals surface area contributed by atoms with Crippen molar-refractivity contribution in [3.05, 3.63) is 178 Å². The van der Waals surface area contributed by atoms with Crippen molar-refractivity contribution in [1.29, 1.82) is 0 Å². The van der Waals surface area contributed by atoms with Crippen LogP contribution in [0.5, 0.6) is 0 Å². The third-order valence-electron chi connectivity index (χ3n) is 6.98. The molecule has 0 saturated heterocycles. The van der Waals surface area contributed by atoms with Gasteiger partial charge in [0.25, 0.3) is 0 Å². The zero-order chi connectivity index (χ0) is 30.5. The zero-order valence-electron chi connectivity index (χ0n) is 26.7. The zero-order valence-corrected chi connectivity index (χ0v) is 26.7. The predicted octanol–water partition coefficient (Wildman–Crippen LogP) is 12.0. The van der Waals surface area contributed by atoms with E-state index < -0.39 is 0 Å². The Morgan fingerprint density at radius 1 is 0.238 bits per heavy atom. The van der Waals surface area contributed by atoms with Gasteiger partial charge < -0.3 is 0 Å². The fourth-order valence-corrected chi connectivity index (χ4v) is 4.42. The van der Waals surface area contributed by atoms with Gasteiger partial charge in [0, 0.05) is 0 Å².